The third-order valence-electron chi connectivity index (χ3n) is 5.12. The first-order valence-corrected chi connectivity index (χ1v) is 9.28. The number of alkyl halides is 3. The molecule has 0 bridgehead atoms. The summed E-state index contributed by atoms with van der Waals surface area (Å²) in [5.41, 5.74) is 2.09. The number of pyridine rings is 1. The van der Waals surface area contributed by atoms with Crippen molar-refractivity contribution in [3.05, 3.63) is 59.7 Å². The number of carbonyl (C=O) groups excluding carboxylic acids is 1. The summed E-state index contributed by atoms with van der Waals surface area (Å²) in [6.45, 7) is 4.03. The van der Waals surface area contributed by atoms with Crippen LogP contribution in [0.3, 0.4) is 0 Å². The van der Waals surface area contributed by atoms with Crippen LogP contribution in [0.5, 0.6) is 5.75 Å². The van der Waals surface area contributed by atoms with Gasteiger partial charge in [0.25, 0.3) is 5.91 Å². The highest BCUT2D eigenvalue weighted by Crippen LogP contribution is 2.40. The molecule has 3 aromatic rings. The smallest absolute Gasteiger partial charge is 0.419 e. The van der Waals surface area contributed by atoms with E-state index in [4.69, 9.17) is 4.74 Å². The van der Waals surface area contributed by atoms with Gasteiger partial charge in [-0.2, -0.15) is 18.3 Å². The maximum Gasteiger partial charge on any atom is 0.419 e. The lowest BCUT2D eigenvalue weighted by molar-refractivity contribution is -0.138. The largest absolute Gasteiger partial charge is 0.496 e. The Morgan fingerprint density at radius 3 is 2.58 bits per heavy atom. The van der Waals surface area contributed by atoms with Gasteiger partial charge in [-0.3, -0.25) is 14.5 Å². The number of nitrogens with zero attached hydrogens (tertiary/aromatic N) is 4. The normalized spacial score (nSPS) is 16.0. The van der Waals surface area contributed by atoms with Crippen molar-refractivity contribution in [1.29, 1.82) is 0 Å². The minimum absolute atomic E-state index is 0. The van der Waals surface area contributed by atoms with E-state index in [0.29, 0.717) is 16.9 Å². The van der Waals surface area contributed by atoms with Crippen LogP contribution in [0.4, 0.5) is 18.9 Å². The van der Waals surface area contributed by atoms with E-state index in [2.05, 4.69) is 10.1 Å². The maximum atomic E-state index is 13.4. The third-order valence-corrected chi connectivity index (χ3v) is 5.12. The van der Waals surface area contributed by atoms with Crippen molar-refractivity contribution in [2.24, 2.45) is 0 Å². The van der Waals surface area contributed by atoms with E-state index in [-0.39, 0.29) is 36.7 Å². The molecule has 0 radical (unpaired) electrons. The fourth-order valence-corrected chi connectivity index (χ4v) is 3.69. The van der Waals surface area contributed by atoms with Gasteiger partial charge in [0.2, 0.25) is 0 Å². The van der Waals surface area contributed by atoms with Gasteiger partial charge in [0.15, 0.2) is 0 Å². The van der Waals surface area contributed by atoms with Crippen LogP contribution in [0.1, 0.15) is 34.7 Å². The summed E-state index contributed by atoms with van der Waals surface area (Å²) in [5, 5.41) is 4.38. The lowest BCUT2D eigenvalue weighted by Crippen LogP contribution is -2.42. The van der Waals surface area contributed by atoms with Crippen LogP contribution in [0, 0.1) is 6.92 Å². The van der Waals surface area contributed by atoms with Crippen molar-refractivity contribution in [2.75, 3.05) is 18.6 Å². The van der Waals surface area contributed by atoms with Crippen molar-refractivity contribution in [3.63, 3.8) is 0 Å². The molecule has 1 aromatic carbocycles. The van der Waals surface area contributed by atoms with E-state index < -0.39 is 11.7 Å². The van der Waals surface area contributed by atoms with Crippen LogP contribution >= 0.6 is 12.4 Å². The number of ether oxygens (including phenoxy) is 1. The van der Waals surface area contributed by atoms with Crippen molar-refractivity contribution in [2.45, 2.75) is 26.1 Å². The highest BCUT2D eigenvalue weighted by molar-refractivity contribution is 6.09. The van der Waals surface area contributed by atoms with Gasteiger partial charge in [-0.15, -0.1) is 12.4 Å². The van der Waals surface area contributed by atoms with Crippen molar-refractivity contribution < 1.29 is 22.7 Å². The van der Waals surface area contributed by atoms with E-state index in [1.54, 1.807) is 23.1 Å². The Balaban J connectivity index is 0.00000272. The van der Waals surface area contributed by atoms with E-state index in [9.17, 15) is 18.0 Å². The molecule has 0 fully saturated rings. The Bertz CT molecular complexity index is 1130. The molecule has 0 aliphatic carbocycles. The molecule has 2 aromatic heterocycles. The lowest BCUT2D eigenvalue weighted by Gasteiger charge is -2.32. The first-order chi connectivity index (χ1) is 14.2. The molecule has 1 aliphatic rings. The van der Waals surface area contributed by atoms with Gasteiger partial charge in [0, 0.05) is 35.8 Å². The van der Waals surface area contributed by atoms with E-state index in [1.807, 2.05) is 19.9 Å². The van der Waals surface area contributed by atoms with Gasteiger partial charge in [-0.25, -0.2) is 0 Å². The monoisotopic (exact) mass is 452 g/mol. The number of aryl methyl sites for hydroxylation is 1. The highest BCUT2D eigenvalue weighted by Gasteiger charge is 2.37. The minimum atomic E-state index is -4.55. The van der Waals surface area contributed by atoms with Gasteiger partial charge in [0.1, 0.15) is 11.4 Å². The molecule has 0 unspecified atom stereocenters. The lowest BCUT2D eigenvalue weighted by atomic mass is 10.0. The molecule has 0 saturated heterocycles. The first kappa shape index (κ1) is 22.6. The molecule has 4 rings (SSSR count). The first-order valence-electron chi connectivity index (χ1n) is 9.28. The van der Waals surface area contributed by atoms with E-state index in [0.717, 1.165) is 17.3 Å². The SMILES string of the molecule is COc1cc(N2C[C@H](C)n3ncc(-c4ccnc(C)c4)c3C2=O)ccc1C(F)(F)F.Cl. The summed E-state index contributed by atoms with van der Waals surface area (Å²) >= 11 is 0. The average Bonchev–Trinajstić information content (AvgIpc) is 3.15. The number of fused-ring (bicyclic) bond motifs is 1. The molecule has 31 heavy (non-hydrogen) atoms. The Morgan fingerprint density at radius 2 is 1.94 bits per heavy atom. The number of hydrogen-bond donors (Lipinski definition) is 0. The molecule has 1 aliphatic heterocycles. The maximum absolute atomic E-state index is 13.4. The zero-order valence-corrected chi connectivity index (χ0v) is 17.8. The van der Waals surface area contributed by atoms with Gasteiger partial charge >= 0.3 is 6.18 Å². The zero-order valence-electron chi connectivity index (χ0n) is 17.0. The van der Waals surface area contributed by atoms with Gasteiger partial charge in [-0.1, -0.05) is 0 Å². The molecule has 6 nitrogen and oxygen atoms in total. The van der Waals surface area contributed by atoms with E-state index >= 15 is 0 Å². The van der Waals surface area contributed by atoms with Crippen molar-refractivity contribution in [3.8, 4) is 16.9 Å². The van der Waals surface area contributed by atoms with Gasteiger partial charge in [-0.05, 0) is 43.7 Å². The van der Waals surface area contributed by atoms with Gasteiger partial charge < -0.3 is 9.64 Å². The summed E-state index contributed by atoms with van der Waals surface area (Å²) in [5.74, 6) is -0.665. The Hall–Kier alpha value is -3.07. The number of methoxy groups -OCH3 is 1. The second-order valence-corrected chi connectivity index (χ2v) is 7.18. The molecule has 1 amide bonds. The Kier molecular flexibility index (Phi) is 6.00. The average molecular weight is 453 g/mol. The molecule has 1 atom stereocenters. The number of hydrogen-bond acceptors (Lipinski definition) is 4. The summed E-state index contributed by atoms with van der Waals surface area (Å²) in [6.07, 6.45) is -1.26. The number of amides is 1. The Labute approximate surface area is 183 Å². The number of carbonyl (C=O) groups is 1. The zero-order chi connectivity index (χ0) is 21.6. The van der Waals surface area contributed by atoms with Crippen LogP contribution in [-0.2, 0) is 6.18 Å². The minimum Gasteiger partial charge on any atom is -0.496 e. The third kappa shape index (κ3) is 3.97. The standard InChI is InChI=1S/C21H19F3N4O2.ClH/c1-12-8-14(6-7-25-12)16-10-26-28-13(2)11-27(20(29)19(16)28)15-4-5-17(21(22,23)24)18(9-15)30-3;/h4-10,13H,11H2,1-3H3;1H/t13-;/m0./s1. The predicted octanol–water partition coefficient (Wildman–Crippen LogP) is 4.92. The van der Waals surface area contributed by atoms with Crippen LogP contribution in [0.2, 0.25) is 0 Å². The van der Waals surface area contributed by atoms with Gasteiger partial charge in [0.05, 0.1) is 24.9 Å². The summed E-state index contributed by atoms with van der Waals surface area (Å²) < 4.78 is 46.2. The van der Waals surface area contributed by atoms with Crippen LogP contribution in [-0.4, -0.2) is 34.3 Å². The summed E-state index contributed by atoms with van der Waals surface area (Å²) in [4.78, 5) is 19.0. The molecule has 3 heterocycles. The number of halogens is 4. The predicted molar refractivity (Wildman–Crippen MR) is 112 cm³/mol. The van der Waals surface area contributed by atoms with Crippen LogP contribution < -0.4 is 9.64 Å². The number of aromatic nitrogens is 3. The van der Waals surface area contributed by atoms with Crippen LogP contribution in [0.15, 0.2) is 42.7 Å². The topological polar surface area (TPSA) is 60.2 Å². The molecule has 0 spiro atoms. The number of anilines is 1. The van der Waals surface area contributed by atoms with Crippen LogP contribution in [0.25, 0.3) is 11.1 Å². The summed E-state index contributed by atoms with van der Waals surface area (Å²) in [7, 11) is 1.17. The number of rotatable bonds is 3. The second kappa shape index (κ2) is 8.22. The van der Waals surface area contributed by atoms with Crippen molar-refractivity contribution >= 4 is 24.0 Å². The van der Waals surface area contributed by atoms with Crippen molar-refractivity contribution in [1.82, 2.24) is 14.8 Å². The molecular weight excluding hydrogens is 433 g/mol. The quantitative estimate of drug-likeness (QED) is 0.565. The molecule has 0 N–H and O–H groups in total. The molecular formula is C21H20ClF3N4O2. The second-order valence-electron chi connectivity index (χ2n) is 7.18. The molecule has 10 heteroatoms. The molecule has 164 valence electrons. The molecule has 0 saturated carbocycles. The fourth-order valence-electron chi connectivity index (χ4n) is 3.69. The highest BCUT2D eigenvalue weighted by atomic mass is 35.5. The summed E-state index contributed by atoms with van der Waals surface area (Å²) in [6, 6.07) is 6.96. The number of benzene rings is 1. The fraction of sp³-hybridized carbons (Fsp3) is 0.286. The Morgan fingerprint density at radius 1 is 1.19 bits per heavy atom. The van der Waals surface area contributed by atoms with E-state index in [1.165, 1.54) is 24.1 Å².